The van der Waals surface area contributed by atoms with Gasteiger partial charge in [-0.1, -0.05) is 43.0 Å². The van der Waals surface area contributed by atoms with Crippen molar-refractivity contribution in [1.29, 1.82) is 0 Å². The summed E-state index contributed by atoms with van der Waals surface area (Å²) < 4.78 is 2.21. The Labute approximate surface area is 140 Å². The van der Waals surface area contributed by atoms with Crippen molar-refractivity contribution in [3.63, 3.8) is 0 Å². The molecular formula is C16H20Cl2N2S. The van der Waals surface area contributed by atoms with Gasteiger partial charge in [0.1, 0.15) is 0 Å². The van der Waals surface area contributed by atoms with Gasteiger partial charge in [0, 0.05) is 33.6 Å². The largest absolute Gasteiger partial charge is 0.336 e. The zero-order valence-electron chi connectivity index (χ0n) is 12.4. The van der Waals surface area contributed by atoms with Crippen molar-refractivity contribution in [3.8, 4) is 0 Å². The van der Waals surface area contributed by atoms with Gasteiger partial charge in [-0.25, -0.2) is 4.98 Å². The SMILES string of the molecule is CCCCC(C)(Cn1ccnc1)Sc1ccc(Cl)cc1Cl. The van der Waals surface area contributed by atoms with E-state index in [2.05, 4.69) is 23.4 Å². The van der Waals surface area contributed by atoms with Gasteiger partial charge in [0.05, 0.1) is 11.3 Å². The molecule has 0 aliphatic carbocycles. The first-order valence-electron chi connectivity index (χ1n) is 7.12. The Morgan fingerprint density at radius 2 is 2.14 bits per heavy atom. The van der Waals surface area contributed by atoms with Gasteiger partial charge < -0.3 is 4.57 Å². The van der Waals surface area contributed by atoms with Crippen molar-refractivity contribution in [2.45, 2.75) is 49.3 Å². The van der Waals surface area contributed by atoms with Crippen LogP contribution in [0.1, 0.15) is 33.1 Å². The molecule has 0 bridgehead atoms. The van der Waals surface area contributed by atoms with Crippen LogP contribution >= 0.6 is 35.0 Å². The lowest BCUT2D eigenvalue weighted by atomic mass is 10.0. The van der Waals surface area contributed by atoms with Crippen molar-refractivity contribution >= 4 is 35.0 Å². The van der Waals surface area contributed by atoms with Crippen LogP contribution in [0.5, 0.6) is 0 Å². The maximum absolute atomic E-state index is 6.33. The summed E-state index contributed by atoms with van der Waals surface area (Å²) in [6.45, 7) is 5.42. The molecule has 0 saturated heterocycles. The summed E-state index contributed by atoms with van der Waals surface area (Å²) >= 11 is 14.1. The first-order valence-corrected chi connectivity index (χ1v) is 8.69. The number of hydrogen-bond acceptors (Lipinski definition) is 2. The highest BCUT2D eigenvalue weighted by atomic mass is 35.5. The molecule has 0 radical (unpaired) electrons. The molecule has 114 valence electrons. The molecule has 0 amide bonds. The quantitative estimate of drug-likeness (QED) is 0.580. The average molecular weight is 343 g/mol. The monoisotopic (exact) mass is 342 g/mol. The third-order valence-corrected chi connectivity index (χ3v) is 5.45. The summed E-state index contributed by atoms with van der Waals surface area (Å²) in [5.41, 5.74) is 0. The van der Waals surface area contributed by atoms with Gasteiger partial charge in [0.15, 0.2) is 0 Å². The number of nitrogens with zero attached hydrogens (tertiary/aromatic N) is 2. The summed E-state index contributed by atoms with van der Waals surface area (Å²) in [6, 6.07) is 5.71. The van der Waals surface area contributed by atoms with E-state index in [0.717, 1.165) is 22.9 Å². The molecule has 2 nitrogen and oxygen atoms in total. The second-order valence-electron chi connectivity index (χ2n) is 5.47. The highest BCUT2D eigenvalue weighted by Gasteiger charge is 2.26. The standard InChI is InChI=1S/C16H20Cl2N2S/c1-3-4-7-16(2,11-20-9-8-19-12-20)21-15-6-5-13(17)10-14(15)18/h5-6,8-10,12H,3-4,7,11H2,1-2H3. The molecular weight excluding hydrogens is 323 g/mol. The van der Waals surface area contributed by atoms with Crippen molar-refractivity contribution in [2.75, 3.05) is 0 Å². The Balaban J connectivity index is 2.18. The third kappa shape index (κ3) is 4.94. The molecule has 0 N–H and O–H groups in total. The van der Waals surface area contributed by atoms with Gasteiger partial charge in [0.2, 0.25) is 0 Å². The Hall–Kier alpha value is -0.640. The van der Waals surface area contributed by atoms with Crippen LogP contribution in [0.4, 0.5) is 0 Å². The summed E-state index contributed by atoms with van der Waals surface area (Å²) in [7, 11) is 0. The smallest absolute Gasteiger partial charge is 0.0946 e. The predicted molar refractivity (Wildman–Crippen MR) is 92.5 cm³/mol. The van der Waals surface area contributed by atoms with Gasteiger partial charge >= 0.3 is 0 Å². The zero-order valence-corrected chi connectivity index (χ0v) is 14.7. The van der Waals surface area contributed by atoms with Crippen molar-refractivity contribution in [3.05, 3.63) is 47.0 Å². The number of hydrogen-bond donors (Lipinski definition) is 0. The van der Waals surface area contributed by atoms with Crippen molar-refractivity contribution in [2.24, 2.45) is 0 Å². The molecule has 0 aliphatic rings. The Kier molecular flexibility index (Phi) is 6.03. The number of imidazole rings is 1. The molecule has 0 saturated carbocycles. The molecule has 2 aromatic rings. The van der Waals surface area contributed by atoms with Crippen LogP contribution in [-0.4, -0.2) is 14.3 Å². The maximum atomic E-state index is 6.33. The van der Waals surface area contributed by atoms with Gasteiger partial charge in [-0.05, 0) is 31.5 Å². The highest BCUT2D eigenvalue weighted by molar-refractivity contribution is 8.00. The molecule has 5 heteroatoms. The molecule has 2 rings (SSSR count). The highest BCUT2D eigenvalue weighted by Crippen LogP contribution is 2.41. The third-order valence-electron chi connectivity index (χ3n) is 3.39. The Morgan fingerprint density at radius 3 is 2.76 bits per heavy atom. The Bertz CT molecular complexity index is 572. The first kappa shape index (κ1) is 16.7. The van der Waals surface area contributed by atoms with Gasteiger partial charge in [-0.15, -0.1) is 11.8 Å². The summed E-state index contributed by atoms with van der Waals surface area (Å²) in [5, 5.41) is 1.40. The van der Waals surface area contributed by atoms with Crippen LogP contribution in [0.2, 0.25) is 10.0 Å². The summed E-state index contributed by atoms with van der Waals surface area (Å²) in [5.74, 6) is 0. The van der Waals surface area contributed by atoms with Crippen LogP contribution in [0.15, 0.2) is 41.8 Å². The summed E-state index contributed by atoms with van der Waals surface area (Å²) in [4.78, 5) is 5.22. The van der Waals surface area contributed by atoms with Crippen LogP contribution < -0.4 is 0 Å². The van der Waals surface area contributed by atoms with Crippen LogP contribution in [-0.2, 0) is 6.54 Å². The number of halogens is 2. The number of rotatable bonds is 7. The number of thioether (sulfide) groups is 1. The zero-order chi connectivity index (χ0) is 15.3. The topological polar surface area (TPSA) is 17.8 Å². The van der Waals surface area contributed by atoms with E-state index >= 15 is 0 Å². The van der Waals surface area contributed by atoms with E-state index < -0.39 is 0 Å². The molecule has 0 fully saturated rings. The number of benzene rings is 1. The minimum atomic E-state index is 0.0776. The van der Waals surface area contributed by atoms with Gasteiger partial charge in [0.25, 0.3) is 0 Å². The second-order valence-corrected chi connectivity index (χ2v) is 7.94. The van der Waals surface area contributed by atoms with E-state index in [-0.39, 0.29) is 4.75 Å². The average Bonchev–Trinajstić information content (AvgIpc) is 2.92. The molecule has 1 unspecified atom stereocenters. The van der Waals surface area contributed by atoms with Crippen LogP contribution in [0, 0.1) is 0 Å². The fraction of sp³-hybridized carbons (Fsp3) is 0.438. The maximum Gasteiger partial charge on any atom is 0.0946 e. The fourth-order valence-corrected chi connectivity index (χ4v) is 4.11. The minimum Gasteiger partial charge on any atom is -0.336 e. The normalized spacial score (nSPS) is 14.1. The fourth-order valence-electron chi connectivity index (χ4n) is 2.30. The molecule has 0 spiro atoms. The van der Waals surface area contributed by atoms with Crippen LogP contribution in [0.25, 0.3) is 0 Å². The lowest BCUT2D eigenvalue weighted by molar-refractivity contribution is 0.477. The number of unbranched alkanes of at least 4 members (excludes halogenated alkanes) is 1. The predicted octanol–water partition coefficient (Wildman–Crippen LogP) is 5.93. The molecule has 1 aromatic carbocycles. The molecule has 1 atom stereocenters. The van der Waals surface area contributed by atoms with E-state index in [0.29, 0.717) is 5.02 Å². The lowest BCUT2D eigenvalue weighted by Crippen LogP contribution is -2.26. The second kappa shape index (κ2) is 7.57. The minimum absolute atomic E-state index is 0.0776. The molecule has 21 heavy (non-hydrogen) atoms. The van der Waals surface area contributed by atoms with Crippen LogP contribution in [0.3, 0.4) is 0 Å². The molecule has 1 aromatic heterocycles. The van der Waals surface area contributed by atoms with E-state index in [1.807, 2.05) is 48.7 Å². The van der Waals surface area contributed by atoms with E-state index in [9.17, 15) is 0 Å². The van der Waals surface area contributed by atoms with Gasteiger partial charge in [-0.3, -0.25) is 0 Å². The molecule has 1 heterocycles. The molecule has 0 aliphatic heterocycles. The number of aromatic nitrogens is 2. The van der Waals surface area contributed by atoms with E-state index in [4.69, 9.17) is 23.2 Å². The summed E-state index contributed by atoms with van der Waals surface area (Å²) in [6.07, 6.45) is 9.21. The van der Waals surface area contributed by atoms with E-state index in [1.54, 1.807) is 0 Å². The van der Waals surface area contributed by atoms with E-state index in [1.165, 1.54) is 12.8 Å². The lowest BCUT2D eigenvalue weighted by Gasteiger charge is -2.30. The van der Waals surface area contributed by atoms with Gasteiger partial charge in [-0.2, -0.15) is 0 Å². The Morgan fingerprint density at radius 1 is 1.33 bits per heavy atom. The van der Waals surface area contributed by atoms with Crippen molar-refractivity contribution in [1.82, 2.24) is 9.55 Å². The first-order chi connectivity index (χ1) is 10.0. The van der Waals surface area contributed by atoms with Crippen molar-refractivity contribution < 1.29 is 0 Å².